The van der Waals surface area contributed by atoms with E-state index in [9.17, 15) is 9.59 Å². The van der Waals surface area contributed by atoms with Crippen molar-refractivity contribution >= 4 is 11.9 Å². The highest BCUT2D eigenvalue weighted by Gasteiger charge is 2.32. The first-order chi connectivity index (χ1) is 10.2. The molecule has 1 N–H and O–H groups in total. The van der Waals surface area contributed by atoms with Gasteiger partial charge in [0.1, 0.15) is 12.6 Å². The number of β-lactam (4-membered cyclic amide) rings is 1. The van der Waals surface area contributed by atoms with Gasteiger partial charge in [0.15, 0.2) is 0 Å². The van der Waals surface area contributed by atoms with Crippen LogP contribution in [0.4, 0.5) is 0 Å². The molecule has 8 nitrogen and oxygen atoms in total. The third-order valence-electron chi connectivity index (χ3n) is 2.66. The van der Waals surface area contributed by atoms with Crippen molar-refractivity contribution in [3.8, 4) is 0 Å². The molecule has 1 saturated heterocycles. The molecule has 1 atom stereocenters. The second kappa shape index (κ2) is 11.4. The van der Waals surface area contributed by atoms with Crippen molar-refractivity contribution in [2.45, 2.75) is 12.5 Å². The highest BCUT2D eigenvalue weighted by molar-refractivity contribution is 5.94. The molecule has 0 radical (unpaired) electrons. The summed E-state index contributed by atoms with van der Waals surface area (Å²) < 4.78 is 25.5. The van der Waals surface area contributed by atoms with Gasteiger partial charge in [-0.05, 0) is 0 Å². The van der Waals surface area contributed by atoms with E-state index in [1.807, 2.05) is 0 Å². The molecule has 21 heavy (non-hydrogen) atoms. The summed E-state index contributed by atoms with van der Waals surface area (Å²) in [7, 11) is 1.62. The fourth-order valence-electron chi connectivity index (χ4n) is 1.49. The van der Waals surface area contributed by atoms with Crippen LogP contribution in [-0.4, -0.2) is 77.9 Å². The number of esters is 1. The smallest absolute Gasteiger partial charge is 0.329 e. The maximum absolute atomic E-state index is 11.3. The van der Waals surface area contributed by atoms with Crippen LogP contribution in [0.3, 0.4) is 0 Å². The summed E-state index contributed by atoms with van der Waals surface area (Å²) in [6, 6.07) is -0.487. The van der Waals surface area contributed by atoms with Crippen LogP contribution in [0.5, 0.6) is 0 Å². The predicted molar refractivity (Wildman–Crippen MR) is 71.8 cm³/mol. The van der Waals surface area contributed by atoms with Gasteiger partial charge in [-0.15, -0.1) is 0 Å². The van der Waals surface area contributed by atoms with E-state index >= 15 is 0 Å². The lowest BCUT2D eigenvalue weighted by molar-refractivity contribution is -0.154. The maximum Gasteiger partial charge on any atom is 0.329 e. The normalized spacial score (nSPS) is 17.2. The molecule has 1 aliphatic heterocycles. The largest absolute Gasteiger partial charge is 0.462 e. The average Bonchev–Trinajstić information content (AvgIpc) is 2.45. The number of carbonyl (C=O) groups excluding carboxylic acids is 2. The van der Waals surface area contributed by atoms with Crippen molar-refractivity contribution in [3.05, 3.63) is 0 Å². The molecule has 1 fully saturated rings. The van der Waals surface area contributed by atoms with E-state index < -0.39 is 12.0 Å². The van der Waals surface area contributed by atoms with E-state index in [-0.39, 0.29) is 18.9 Å². The summed E-state index contributed by atoms with van der Waals surface area (Å²) in [5.41, 5.74) is 0. The monoisotopic (exact) mass is 305 g/mol. The molecule has 8 heteroatoms. The fourth-order valence-corrected chi connectivity index (χ4v) is 1.49. The van der Waals surface area contributed by atoms with Crippen molar-refractivity contribution in [2.75, 3.05) is 60.0 Å². The maximum atomic E-state index is 11.3. The van der Waals surface area contributed by atoms with Crippen molar-refractivity contribution in [2.24, 2.45) is 0 Å². The standard InChI is InChI=1S/C13H23NO7/c1-17-2-3-18-4-5-19-6-7-20-8-9-21-13(16)11-10-12(15)14-11/h11H,2-10H2,1H3,(H,14,15)/t11-/m0/s1. The zero-order valence-electron chi connectivity index (χ0n) is 12.3. The van der Waals surface area contributed by atoms with E-state index in [1.54, 1.807) is 7.11 Å². The molecule has 0 unspecified atom stereocenters. The molecule has 1 heterocycles. The minimum Gasteiger partial charge on any atom is -0.462 e. The van der Waals surface area contributed by atoms with Gasteiger partial charge in [0.2, 0.25) is 5.91 Å². The van der Waals surface area contributed by atoms with Gasteiger partial charge in [-0.25, -0.2) is 4.79 Å². The highest BCUT2D eigenvalue weighted by atomic mass is 16.6. The Kier molecular flexibility index (Phi) is 9.71. The van der Waals surface area contributed by atoms with Gasteiger partial charge < -0.3 is 29.0 Å². The van der Waals surface area contributed by atoms with Crippen LogP contribution < -0.4 is 5.32 Å². The van der Waals surface area contributed by atoms with Crippen LogP contribution in [-0.2, 0) is 33.3 Å². The molecule has 0 aromatic carbocycles. The molecule has 0 saturated carbocycles. The van der Waals surface area contributed by atoms with E-state index in [1.165, 1.54) is 0 Å². The topological polar surface area (TPSA) is 92.3 Å². The number of hydrogen-bond donors (Lipinski definition) is 1. The zero-order chi connectivity index (χ0) is 15.3. The molecule has 1 amide bonds. The molecule has 122 valence electrons. The fraction of sp³-hybridized carbons (Fsp3) is 0.846. The quantitative estimate of drug-likeness (QED) is 0.268. The lowest BCUT2D eigenvalue weighted by Gasteiger charge is -2.24. The first kappa shape index (κ1) is 17.8. The molecule has 0 bridgehead atoms. The van der Waals surface area contributed by atoms with E-state index in [0.29, 0.717) is 46.2 Å². The van der Waals surface area contributed by atoms with Gasteiger partial charge in [0.25, 0.3) is 0 Å². The molecule has 0 spiro atoms. The summed E-state index contributed by atoms with van der Waals surface area (Å²) in [5.74, 6) is -0.542. The van der Waals surface area contributed by atoms with E-state index in [4.69, 9.17) is 23.7 Å². The van der Waals surface area contributed by atoms with Crippen LogP contribution in [0.25, 0.3) is 0 Å². The first-order valence-electron chi connectivity index (χ1n) is 6.92. The summed E-state index contributed by atoms with van der Waals surface area (Å²) in [5, 5.41) is 2.44. The Labute approximate surface area is 124 Å². The van der Waals surface area contributed by atoms with Gasteiger partial charge in [0, 0.05) is 7.11 Å². The van der Waals surface area contributed by atoms with E-state index in [2.05, 4.69) is 5.32 Å². The molecule has 0 aliphatic carbocycles. The van der Waals surface area contributed by atoms with Crippen LogP contribution in [0.1, 0.15) is 6.42 Å². The molecular formula is C13H23NO7. The summed E-state index contributed by atoms with van der Waals surface area (Å²) in [6.07, 6.45) is 0.208. The van der Waals surface area contributed by atoms with Crippen molar-refractivity contribution in [1.82, 2.24) is 5.32 Å². The average molecular weight is 305 g/mol. The van der Waals surface area contributed by atoms with Crippen LogP contribution >= 0.6 is 0 Å². The Hall–Kier alpha value is -1.22. The zero-order valence-corrected chi connectivity index (χ0v) is 12.3. The second-order valence-corrected chi connectivity index (χ2v) is 4.32. The van der Waals surface area contributed by atoms with Crippen molar-refractivity contribution in [1.29, 1.82) is 0 Å². The third kappa shape index (κ3) is 8.61. The summed E-state index contributed by atoms with van der Waals surface area (Å²) in [4.78, 5) is 21.9. The minimum absolute atomic E-state index is 0.128. The molecule has 1 rings (SSSR count). The SMILES string of the molecule is COCCOCCOCCOCCOC(=O)[C@@H]1CC(=O)N1. The lowest BCUT2D eigenvalue weighted by atomic mass is 10.1. The Morgan fingerprint density at radius 1 is 1.00 bits per heavy atom. The Morgan fingerprint density at radius 3 is 1.95 bits per heavy atom. The van der Waals surface area contributed by atoms with Crippen LogP contribution in [0, 0.1) is 0 Å². The van der Waals surface area contributed by atoms with Gasteiger partial charge in [0.05, 0.1) is 52.7 Å². The molecule has 0 aromatic rings. The molecule has 0 aromatic heterocycles. The van der Waals surface area contributed by atoms with Gasteiger partial charge in [-0.2, -0.15) is 0 Å². The van der Waals surface area contributed by atoms with Gasteiger partial charge >= 0.3 is 5.97 Å². The summed E-state index contributed by atoms with van der Waals surface area (Å²) in [6.45, 7) is 3.52. The number of rotatable bonds is 13. The number of nitrogens with one attached hydrogen (secondary N) is 1. The molecule has 1 aliphatic rings. The second-order valence-electron chi connectivity index (χ2n) is 4.32. The minimum atomic E-state index is -0.487. The van der Waals surface area contributed by atoms with Crippen molar-refractivity contribution in [3.63, 3.8) is 0 Å². The van der Waals surface area contributed by atoms with Crippen molar-refractivity contribution < 1.29 is 33.3 Å². The van der Waals surface area contributed by atoms with Crippen LogP contribution in [0.2, 0.25) is 0 Å². The third-order valence-corrected chi connectivity index (χ3v) is 2.66. The number of hydrogen-bond acceptors (Lipinski definition) is 7. The predicted octanol–water partition coefficient (Wildman–Crippen LogP) is -0.886. The Morgan fingerprint density at radius 2 is 1.48 bits per heavy atom. The number of carbonyl (C=O) groups is 2. The van der Waals surface area contributed by atoms with Gasteiger partial charge in [-0.3, -0.25) is 4.79 Å². The Bertz CT molecular complexity index is 303. The number of ether oxygens (including phenoxy) is 5. The summed E-state index contributed by atoms with van der Waals surface area (Å²) >= 11 is 0. The van der Waals surface area contributed by atoms with Gasteiger partial charge in [-0.1, -0.05) is 0 Å². The first-order valence-corrected chi connectivity index (χ1v) is 6.92. The number of methoxy groups -OCH3 is 1. The van der Waals surface area contributed by atoms with Crippen LogP contribution in [0.15, 0.2) is 0 Å². The highest BCUT2D eigenvalue weighted by Crippen LogP contribution is 2.05. The van der Waals surface area contributed by atoms with E-state index in [0.717, 1.165) is 0 Å². The number of amides is 1. The Balaban J connectivity index is 1.74. The lowest BCUT2D eigenvalue weighted by Crippen LogP contribution is -2.53. The molecular weight excluding hydrogens is 282 g/mol.